The zero-order chi connectivity index (χ0) is 37.9. The van der Waals surface area contributed by atoms with Crippen LogP contribution in [0.2, 0.25) is 0 Å². The Bertz CT molecular complexity index is 3320. The lowest BCUT2D eigenvalue weighted by Gasteiger charge is -2.16. The number of nitrogens with zero attached hydrogens (tertiary/aromatic N) is 5. The van der Waals surface area contributed by atoms with E-state index in [0.29, 0.717) is 11.1 Å². The summed E-state index contributed by atoms with van der Waals surface area (Å²) in [7, 11) is 0. The molecule has 0 unspecified atom stereocenters. The highest BCUT2D eigenvalue weighted by atomic mass is 15.1. The maximum atomic E-state index is 10.9. The first-order valence-electron chi connectivity index (χ1n) is 18.6. The molecule has 56 heavy (non-hydrogen) atoms. The predicted molar refractivity (Wildman–Crippen MR) is 231 cm³/mol. The summed E-state index contributed by atoms with van der Waals surface area (Å²) in [6.45, 7) is 5.85. The van der Waals surface area contributed by atoms with Crippen LogP contribution in [0.3, 0.4) is 0 Å². The molecule has 0 fully saturated rings. The third-order valence-corrected chi connectivity index (χ3v) is 11.1. The largest absolute Gasteiger partial charge is 0.312 e. The van der Waals surface area contributed by atoms with Gasteiger partial charge >= 0.3 is 0 Å². The summed E-state index contributed by atoms with van der Waals surface area (Å²) in [6, 6.07) is 59.9. The first kappa shape index (κ1) is 32.8. The Kier molecular flexibility index (Phi) is 7.56. The van der Waals surface area contributed by atoms with Crippen molar-refractivity contribution in [2.45, 2.75) is 6.92 Å². The third kappa shape index (κ3) is 4.72. The van der Waals surface area contributed by atoms with Gasteiger partial charge in [-0.1, -0.05) is 122 Å². The van der Waals surface area contributed by atoms with E-state index in [-0.39, 0.29) is 0 Å². The monoisotopic (exact) mass is 715 g/mol. The average Bonchev–Trinajstić information content (AvgIpc) is 3.87. The molecule has 0 aliphatic heterocycles. The number of para-hydroxylation sites is 5. The molecule has 0 N–H and O–H groups in total. The number of hydrogen-bond acceptors (Lipinski definition) is 2. The summed E-state index contributed by atoms with van der Waals surface area (Å²) < 4.78 is 6.87. The van der Waals surface area contributed by atoms with Gasteiger partial charge in [0.05, 0.1) is 56.2 Å². The Balaban J connectivity index is 1.22. The smallest absolute Gasteiger partial charge is 0.102 e. The molecule has 0 bridgehead atoms. The zero-order valence-corrected chi connectivity index (χ0v) is 30.6. The van der Waals surface area contributed by atoms with Crippen molar-refractivity contribution < 1.29 is 0 Å². The van der Waals surface area contributed by atoms with E-state index in [9.17, 15) is 10.5 Å². The standard InChI is InChI=1S/C51H33N5/c1-3-15-35(31-52)50-33(2)54(47-27-11-7-21-42(47)50)48-28-13-22-37(43(48)32-53)34-16-12-17-36(30-34)55-44-24-8-6-20-40(44)41-23-14-29-49(51(41)55)56-45-25-9-4-18-38(45)39-19-5-10-26-46(39)56/h3-30H,1H2,2H3/b35-15-. The molecule has 0 saturated heterocycles. The number of benzene rings is 7. The number of aromatic nitrogens is 3. The Hall–Kier alpha value is -7.86. The van der Waals surface area contributed by atoms with E-state index in [1.165, 1.54) is 16.2 Å². The van der Waals surface area contributed by atoms with E-state index >= 15 is 0 Å². The van der Waals surface area contributed by atoms with Gasteiger partial charge in [0, 0.05) is 49.4 Å². The number of rotatable bonds is 6. The topological polar surface area (TPSA) is 62.4 Å². The zero-order valence-electron chi connectivity index (χ0n) is 30.6. The van der Waals surface area contributed by atoms with E-state index in [1.807, 2.05) is 49.4 Å². The fourth-order valence-corrected chi connectivity index (χ4v) is 8.84. The highest BCUT2D eigenvalue weighted by Crippen LogP contribution is 2.41. The molecule has 5 nitrogen and oxygen atoms in total. The van der Waals surface area contributed by atoms with Crippen LogP contribution in [0, 0.1) is 29.6 Å². The van der Waals surface area contributed by atoms with Crippen molar-refractivity contribution in [1.82, 2.24) is 13.7 Å². The maximum Gasteiger partial charge on any atom is 0.102 e. The molecule has 0 spiro atoms. The van der Waals surface area contributed by atoms with Crippen LogP contribution in [-0.4, -0.2) is 13.7 Å². The molecule has 3 aromatic heterocycles. The minimum Gasteiger partial charge on any atom is -0.312 e. The summed E-state index contributed by atoms with van der Waals surface area (Å²) in [4.78, 5) is 0. The molecule has 5 heteroatoms. The highest BCUT2D eigenvalue weighted by Gasteiger charge is 2.23. The van der Waals surface area contributed by atoms with Crippen LogP contribution >= 0.6 is 0 Å². The number of hydrogen-bond donors (Lipinski definition) is 0. The van der Waals surface area contributed by atoms with E-state index in [4.69, 9.17) is 0 Å². The Labute approximate surface area is 323 Å². The fourth-order valence-electron chi connectivity index (χ4n) is 8.84. The van der Waals surface area contributed by atoms with Gasteiger partial charge < -0.3 is 13.7 Å². The van der Waals surface area contributed by atoms with Gasteiger partial charge in [-0.15, -0.1) is 0 Å². The van der Waals surface area contributed by atoms with Crippen molar-refractivity contribution in [3.05, 3.63) is 193 Å². The Morgan fingerprint density at radius 2 is 1.09 bits per heavy atom. The van der Waals surface area contributed by atoms with E-state index < -0.39 is 0 Å². The Morgan fingerprint density at radius 3 is 1.73 bits per heavy atom. The number of fused-ring (bicyclic) bond motifs is 7. The van der Waals surface area contributed by atoms with Crippen LogP contribution in [0.1, 0.15) is 16.8 Å². The molecule has 0 amide bonds. The third-order valence-electron chi connectivity index (χ3n) is 11.1. The van der Waals surface area contributed by atoms with Gasteiger partial charge in [0.1, 0.15) is 6.07 Å². The van der Waals surface area contributed by atoms with Crippen molar-refractivity contribution in [2.24, 2.45) is 0 Å². The fraction of sp³-hybridized carbons (Fsp3) is 0.0196. The van der Waals surface area contributed by atoms with E-state index in [0.717, 1.165) is 77.8 Å². The first-order valence-corrected chi connectivity index (χ1v) is 18.6. The molecule has 10 rings (SSSR count). The molecule has 0 saturated carbocycles. The molecule has 0 aliphatic rings. The molecular formula is C51H33N5. The van der Waals surface area contributed by atoms with Crippen LogP contribution in [0.25, 0.3) is 88.3 Å². The van der Waals surface area contributed by atoms with Gasteiger partial charge in [-0.2, -0.15) is 10.5 Å². The highest BCUT2D eigenvalue weighted by molar-refractivity contribution is 6.15. The van der Waals surface area contributed by atoms with Crippen LogP contribution in [0.4, 0.5) is 0 Å². The molecule has 262 valence electrons. The minimum absolute atomic E-state index is 0.529. The first-order chi connectivity index (χ1) is 27.6. The van der Waals surface area contributed by atoms with Crippen LogP contribution < -0.4 is 0 Å². The summed E-state index contributed by atoms with van der Waals surface area (Å²) in [6.07, 6.45) is 3.38. The second-order valence-corrected chi connectivity index (χ2v) is 14.0. The molecule has 7 aromatic carbocycles. The summed E-state index contributed by atoms with van der Waals surface area (Å²) in [5, 5.41) is 26.8. The minimum atomic E-state index is 0.529. The summed E-state index contributed by atoms with van der Waals surface area (Å²) in [5.74, 6) is 0. The lowest BCUT2D eigenvalue weighted by molar-refractivity contribution is 1.04. The number of allylic oxidation sites excluding steroid dienone is 3. The second-order valence-electron chi connectivity index (χ2n) is 14.0. The molecule has 3 heterocycles. The van der Waals surface area contributed by atoms with E-state index in [1.54, 1.807) is 12.2 Å². The SMILES string of the molecule is C=C/C=C(/C#N)c1c(C)n(-c2cccc(-c3cccc(-n4c5ccccc5c5cccc(-n6c7ccccc7c7ccccc76)c54)c3)c2C#N)c2ccccc12. The average molecular weight is 716 g/mol. The molecule has 0 atom stereocenters. The number of nitriles is 2. The molecule has 10 aromatic rings. The van der Waals surface area contributed by atoms with E-state index in [2.05, 4.69) is 148 Å². The van der Waals surface area contributed by atoms with Crippen molar-refractivity contribution in [2.75, 3.05) is 0 Å². The van der Waals surface area contributed by atoms with Crippen molar-refractivity contribution in [3.63, 3.8) is 0 Å². The van der Waals surface area contributed by atoms with Crippen LogP contribution in [0.15, 0.2) is 176 Å². The van der Waals surface area contributed by atoms with Gasteiger partial charge in [-0.25, -0.2) is 0 Å². The normalized spacial score (nSPS) is 11.8. The summed E-state index contributed by atoms with van der Waals surface area (Å²) >= 11 is 0. The maximum absolute atomic E-state index is 10.9. The molecular weight excluding hydrogens is 683 g/mol. The lowest BCUT2D eigenvalue weighted by atomic mass is 9.98. The van der Waals surface area contributed by atoms with Gasteiger partial charge in [-0.3, -0.25) is 0 Å². The van der Waals surface area contributed by atoms with Crippen LogP contribution in [-0.2, 0) is 0 Å². The molecule has 0 aliphatic carbocycles. The quantitative estimate of drug-likeness (QED) is 0.127. The van der Waals surface area contributed by atoms with Gasteiger partial charge in [0.2, 0.25) is 0 Å². The summed E-state index contributed by atoms with van der Waals surface area (Å²) in [5.41, 5.74) is 12.8. The van der Waals surface area contributed by atoms with Crippen LogP contribution in [0.5, 0.6) is 0 Å². The van der Waals surface area contributed by atoms with Crippen molar-refractivity contribution >= 4 is 60.1 Å². The van der Waals surface area contributed by atoms with Gasteiger partial charge in [0.25, 0.3) is 0 Å². The van der Waals surface area contributed by atoms with Crippen molar-refractivity contribution in [1.29, 1.82) is 10.5 Å². The Morgan fingerprint density at radius 1 is 0.554 bits per heavy atom. The van der Waals surface area contributed by atoms with Crippen molar-refractivity contribution in [3.8, 4) is 40.3 Å². The van der Waals surface area contributed by atoms with Gasteiger partial charge in [-0.05, 0) is 67.1 Å². The second kappa shape index (κ2) is 12.9. The lowest BCUT2D eigenvalue weighted by Crippen LogP contribution is -2.03. The predicted octanol–water partition coefficient (Wildman–Crippen LogP) is 12.8. The molecule has 0 radical (unpaired) electrons. The van der Waals surface area contributed by atoms with Gasteiger partial charge in [0.15, 0.2) is 0 Å².